The number of urea groups is 1. The van der Waals surface area contributed by atoms with Gasteiger partial charge in [-0.25, -0.2) is 13.2 Å². The summed E-state index contributed by atoms with van der Waals surface area (Å²) in [5.74, 6) is 0.562. The van der Waals surface area contributed by atoms with E-state index in [0.29, 0.717) is 18.8 Å². The molecule has 1 aromatic carbocycles. The maximum Gasteiger partial charge on any atom is 0.321 e. The number of anilines is 1. The number of aryl methyl sites for hydroxylation is 2. The molecule has 2 heterocycles. The Morgan fingerprint density at radius 1 is 1.12 bits per heavy atom. The van der Waals surface area contributed by atoms with Crippen LogP contribution in [0.1, 0.15) is 17.5 Å². The predicted octanol–water partition coefficient (Wildman–Crippen LogP) is 1.64. The minimum Gasteiger partial charge on any atom is -0.322 e. The first kappa shape index (κ1) is 17.2. The van der Waals surface area contributed by atoms with Gasteiger partial charge in [-0.05, 0) is 43.5 Å². The van der Waals surface area contributed by atoms with Crippen LogP contribution in [0.15, 0.2) is 18.2 Å². The third-order valence-corrected chi connectivity index (χ3v) is 6.83. The van der Waals surface area contributed by atoms with E-state index in [1.54, 1.807) is 4.90 Å². The average Bonchev–Trinajstić information content (AvgIpc) is 2.91. The van der Waals surface area contributed by atoms with Gasteiger partial charge in [0.25, 0.3) is 0 Å². The van der Waals surface area contributed by atoms with E-state index >= 15 is 0 Å². The highest BCUT2D eigenvalue weighted by Crippen LogP contribution is 2.20. The first-order valence-electron chi connectivity index (χ1n) is 8.42. The topological polar surface area (TPSA) is 69.7 Å². The van der Waals surface area contributed by atoms with Gasteiger partial charge in [0, 0.05) is 37.9 Å². The van der Waals surface area contributed by atoms with Gasteiger partial charge in [-0.3, -0.25) is 4.90 Å². The molecule has 2 amide bonds. The molecule has 2 saturated heterocycles. The van der Waals surface area contributed by atoms with Gasteiger partial charge in [0.15, 0.2) is 9.84 Å². The van der Waals surface area contributed by atoms with Crippen molar-refractivity contribution in [3.8, 4) is 0 Å². The summed E-state index contributed by atoms with van der Waals surface area (Å²) in [5, 5.41) is 2.95. The van der Waals surface area contributed by atoms with Crippen molar-refractivity contribution >= 4 is 21.6 Å². The number of hydrogen-bond donors (Lipinski definition) is 1. The molecule has 2 aliphatic heterocycles. The van der Waals surface area contributed by atoms with Crippen LogP contribution < -0.4 is 5.32 Å². The van der Waals surface area contributed by atoms with E-state index in [9.17, 15) is 13.2 Å². The molecule has 0 aliphatic carbocycles. The Balaban J connectivity index is 1.52. The second-order valence-electron chi connectivity index (χ2n) is 6.81. The minimum atomic E-state index is -2.86. The molecule has 132 valence electrons. The summed E-state index contributed by atoms with van der Waals surface area (Å²) >= 11 is 0. The zero-order valence-electron chi connectivity index (χ0n) is 14.3. The van der Waals surface area contributed by atoms with E-state index in [0.717, 1.165) is 30.8 Å². The van der Waals surface area contributed by atoms with Crippen LogP contribution in [0.5, 0.6) is 0 Å². The van der Waals surface area contributed by atoms with Crippen molar-refractivity contribution in [2.45, 2.75) is 26.3 Å². The van der Waals surface area contributed by atoms with E-state index in [1.165, 1.54) is 5.56 Å². The molecule has 0 radical (unpaired) electrons. The number of benzene rings is 1. The molecule has 1 atom stereocenters. The molecule has 0 saturated carbocycles. The number of amides is 2. The average molecular weight is 351 g/mol. The van der Waals surface area contributed by atoms with Crippen LogP contribution in [0, 0.1) is 13.8 Å². The van der Waals surface area contributed by atoms with Gasteiger partial charge >= 0.3 is 6.03 Å². The Morgan fingerprint density at radius 2 is 1.83 bits per heavy atom. The molecule has 24 heavy (non-hydrogen) atoms. The Bertz CT molecular complexity index is 725. The van der Waals surface area contributed by atoms with Gasteiger partial charge in [-0.15, -0.1) is 0 Å². The van der Waals surface area contributed by atoms with Crippen molar-refractivity contribution in [1.82, 2.24) is 9.80 Å². The molecular formula is C17H25N3O3S. The fraction of sp³-hybridized carbons (Fsp3) is 0.588. The monoisotopic (exact) mass is 351 g/mol. The fourth-order valence-electron chi connectivity index (χ4n) is 3.38. The highest BCUT2D eigenvalue weighted by molar-refractivity contribution is 7.91. The molecule has 6 nitrogen and oxygen atoms in total. The minimum absolute atomic E-state index is 0.0862. The summed E-state index contributed by atoms with van der Waals surface area (Å²) in [7, 11) is -2.86. The summed E-state index contributed by atoms with van der Waals surface area (Å²) in [6.07, 6.45) is 0.719. The van der Waals surface area contributed by atoms with Crippen LogP contribution in [-0.4, -0.2) is 68.0 Å². The van der Waals surface area contributed by atoms with Crippen molar-refractivity contribution < 1.29 is 13.2 Å². The normalized spacial score (nSPS) is 24.1. The Hall–Kier alpha value is -1.60. The van der Waals surface area contributed by atoms with Gasteiger partial charge in [0.2, 0.25) is 0 Å². The zero-order valence-corrected chi connectivity index (χ0v) is 15.1. The van der Waals surface area contributed by atoms with E-state index in [-0.39, 0.29) is 17.8 Å². The highest BCUT2D eigenvalue weighted by atomic mass is 32.2. The molecular weight excluding hydrogens is 326 g/mol. The maximum atomic E-state index is 12.4. The van der Waals surface area contributed by atoms with Gasteiger partial charge in [-0.1, -0.05) is 6.07 Å². The molecule has 0 aromatic heterocycles. The van der Waals surface area contributed by atoms with Crippen LogP contribution >= 0.6 is 0 Å². The molecule has 3 rings (SSSR count). The van der Waals surface area contributed by atoms with Crippen LogP contribution in [0.25, 0.3) is 0 Å². The smallest absolute Gasteiger partial charge is 0.321 e. The van der Waals surface area contributed by atoms with Crippen LogP contribution in [-0.2, 0) is 9.84 Å². The number of piperazine rings is 1. The molecule has 2 fully saturated rings. The highest BCUT2D eigenvalue weighted by Gasteiger charge is 2.34. The van der Waals surface area contributed by atoms with Crippen LogP contribution in [0.4, 0.5) is 10.5 Å². The Morgan fingerprint density at radius 3 is 2.42 bits per heavy atom. The fourth-order valence-corrected chi connectivity index (χ4v) is 5.14. The Kier molecular flexibility index (Phi) is 4.83. The van der Waals surface area contributed by atoms with E-state index in [2.05, 4.69) is 10.2 Å². The first-order valence-corrected chi connectivity index (χ1v) is 10.2. The molecule has 2 aliphatic rings. The third kappa shape index (κ3) is 3.89. The SMILES string of the molecule is Cc1ccc(NC(=O)N2CCN(C3CCS(=O)(=O)C3)CC2)cc1C. The first-order chi connectivity index (χ1) is 11.3. The summed E-state index contributed by atoms with van der Waals surface area (Å²) in [6, 6.07) is 5.94. The Labute approximate surface area is 143 Å². The molecule has 1 N–H and O–H groups in total. The standard InChI is InChI=1S/C17H25N3O3S/c1-13-3-4-15(11-14(13)2)18-17(21)20-8-6-19(7-9-20)16-5-10-24(22,23)12-16/h3-4,11,16H,5-10,12H2,1-2H3,(H,18,21). The lowest BCUT2D eigenvalue weighted by atomic mass is 10.1. The lowest BCUT2D eigenvalue weighted by Gasteiger charge is -2.37. The predicted molar refractivity (Wildman–Crippen MR) is 95.1 cm³/mol. The summed E-state index contributed by atoms with van der Waals surface area (Å²) in [5.41, 5.74) is 3.17. The van der Waals surface area contributed by atoms with Crippen LogP contribution in [0.2, 0.25) is 0 Å². The lowest BCUT2D eigenvalue weighted by Crippen LogP contribution is -2.53. The molecule has 7 heteroatoms. The second kappa shape index (κ2) is 6.72. The summed E-state index contributed by atoms with van der Waals surface area (Å²) < 4.78 is 23.2. The van der Waals surface area contributed by atoms with Crippen molar-refractivity contribution in [1.29, 1.82) is 0 Å². The lowest BCUT2D eigenvalue weighted by molar-refractivity contribution is 0.121. The van der Waals surface area contributed by atoms with Crippen molar-refractivity contribution in [3.05, 3.63) is 29.3 Å². The zero-order chi connectivity index (χ0) is 17.3. The largest absolute Gasteiger partial charge is 0.322 e. The van der Waals surface area contributed by atoms with E-state index < -0.39 is 9.84 Å². The van der Waals surface area contributed by atoms with E-state index in [1.807, 2.05) is 32.0 Å². The molecule has 1 unspecified atom stereocenters. The number of nitrogens with one attached hydrogen (secondary N) is 1. The number of sulfone groups is 1. The molecule has 0 bridgehead atoms. The number of carbonyl (C=O) groups excluding carboxylic acids is 1. The van der Waals surface area contributed by atoms with Gasteiger partial charge < -0.3 is 10.2 Å². The summed E-state index contributed by atoms with van der Waals surface area (Å²) in [4.78, 5) is 16.4. The van der Waals surface area contributed by atoms with Gasteiger partial charge in [0.1, 0.15) is 0 Å². The van der Waals surface area contributed by atoms with Crippen molar-refractivity contribution in [2.24, 2.45) is 0 Å². The second-order valence-corrected chi connectivity index (χ2v) is 9.04. The van der Waals surface area contributed by atoms with Crippen molar-refractivity contribution in [2.75, 3.05) is 43.0 Å². The van der Waals surface area contributed by atoms with Crippen LogP contribution in [0.3, 0.4) is 0 Å². The number of hydrogen-bond acceptors (Lipinski definition) is 4. The maximum absolute atomic E-state index is 12.4. The summed E-state index contributed by atoms with van der Waals surface area (Å²) in [6.45, 7) is 6.81. The quantitative estimate of drug-likeness (QED) is 0.879. The van der Waals surface area contributed by atoms with Gasteiger partial charge in [-0.2, -0.15) is 0 Å². The molecule has 0 spiro atoms. The molecule has 1 aromatic rings. The number of rotatable bonds is 2. The van der Waals surface area contributed by atoms with Crippen molar-refractivity contribution in [3.63, 3.8) is 0 Å². The third-order valence-electron chi connectivity index (χ3n) is 5.08. The van der Waals surface area contributed by atoms with Gasteiger partial charge in [0.05, 0.1) is 11.5 Å². The number of carbonyl (C=O) groups is 1. The number of nitrogens with zero attached hydrogens (tertiary/aromatic N) is 2. The van der Waals surface area contributed by atoms with E-state index in [4.69, 9.17) is 0 Å².